The van der Waals surface area contributed by atoms with Gasteiger partial charge >= 0.3 is 0 Å². The molecule has 1 rings (SSSR count). The molecule has 128 valence electrons. The predicted molar refractivity (Wildman–Crippen MR) is 88.4 cm³/mol. The summed E-state index contributed by atoms with van der Waals surface area (Å²) in [6, 6.07) is 7.02. The highest BCUT2D eigenvalue weighted by Crippen LogP contribution is 2.08. The van der Waals surface area contributed by atoms with Crippen molar-refractivity contribution in [3.63, 3.8) is 0 Å². The number of amides is 3. The maximum atomic E-state index is 12.3. The molecule has 0 aromatic heterocycles. The summed E-state index contributed by atoms with van der Waals surface area (Å²) < 4.78 is 0. The molecule has 2 atom stereocenters. The lowest BCUT2D eigenvalue weighted by Gasteiger charge is -2.24. The molecule has 0 radical (unpaired) electrons. The fraction of sp³-hybridized carbons (Fsp3) is 0.412. The van der Waals surface area contributed by atoms with Gasteiger partial charge in [-0.3, -0.25) is 14.4 Å². The maximum Gasteiger partial charge on any atom is 0.243 e. The number of nitrogens with two attached hydrogens (primary N) is 1. The first-order chi connectivity index (χ1) is 11.2. The highest BCUT2D eigenvalue weighted by Gasteiger charge is 2.27. The molecule has 7 heteroatoms. The molecule has 0 aliphatic heterocycles. The van der Waals surface area contributed by atoms with Gasteiger partial charge in [0.15, 0.2) is 0 Å². The van der Waals surface area contributed by atoms with Gasteiger partial charge in [0.25, 0.3) is 0 Å². The van der Waals surface area contributed by atoms with Crippen LogP contribution in [-0.4, -0.2) is 29.8 Å². The third-order valence-electron chi connectivity index (χ3n) is 3.49. The highest BCUT2D eigenvalue weighted by atomic mass is 16.2. The fourth-order valence-corrected chi connectivity index (χ4v) is 2.19. The molecule has 1 aromatic rings. The van der Waals surface area contributed by atoms with Gasteiger partial charge in [0.05, 0.1) is 11.6 Å². The van der Waals surface area contributed by atoms with Gasteiger partial charge in [-0.15, -0.1) is 0 Å². The Morgan fingerprint density at radius 3 is 2.17 bits per heavy atom. The van der Waals surface area contributed by atoms with Crippen molar-refractivity contribution in [1.29, 1.82) is 5.26 Å². The first-order valence-electron chi connectivity index (χ1n) is 7.60. The highest BCUT2D eigenvalue weighted by molar-refractivity contribution is 5.91. The average Bonchev–Trinajstić information content (AvgIpc) is 2.52. The first-order valence-corrected chi connectivity index (χ1v) is 7.60. The van der Waals surface area contributed by atoms with Crippen molar-refractivity contribution >= 4 is 17.7 Å². The number of hydrogen-bond donors (Lipinski definition) is 3. The minimum absolute atomic E-state index is 0.141. The third kappa shape index (κ3) is 5.72. The van der Waals surface area contributed by atoms with Gasteiger partial charge in [0.1, 0.15) is 12.1 Å². The van der Waals surface area contributed by atoms with E-state index in [1.807, 2.05) is 6.07 Å². The van der Waals surface area contributed by atoms with Gasteiger partial charge in [-0.2, -0.15) is 5.26 Å². The summed E-state index contributed by atoms with van der Waals surface area (Å²) in [6.45, 7) is 4.91. The molecule has 7 nitrogen and oxygen atoms in total. The number of primary amides is 1. The van der Waals surface area contributed by atoms with E-state index in [0.717, 1.165) is 5.56 Å². The Kier molecular flexibility index (Phi) is 6.93. The van der Waals surface area contributed by atoms with Gasteiger partial charge < -0.3 is 16.4 Å². The molecule has 0 aliphatic carbocycles. The number of benzene rings is 1. The van der Waals surface area contributed by atoms with E-state index >= 15 is 0 Å². The number of carbonyl (C=O) groups is 3. The van der Waals surface area contributed by atoms with E-state index in [2.05, 4.69) is 10.6 Å². The molecular formula is C17H22N4O3. The zero-order valence-corrected chi connectivity index (χ0v) is 14.0. The van der Waals surface area contributed by atoms with Crippen LogP contribution in [-0.2, 0) is 20.8 Å². The second kappa shape index (κ2) is 8.67. The summed E-state index contributed by atoms with van der Waals surface area (Å²) in [5, 5.41) is 13.9. The Labute approximate surface area is 141 Å². The van der Waals surface area contributed by atoms with Crippen molar-refractivity contribution < 1.29 is 14.4 Å². The van der Waals surface area contributed by atoms with E-state index in [0.29, 0.717) is 5.56 Å². The number of hydrogen-bond acceptors (Lipinski definition) is 4. The van der Waals surface area contributed by atoms with E-state index in [1.54, 1.807) is 38.1 Å². The average molecular weight is 330 g/mol. The van der Waals surface area contributed by atoms with Crippen LogP contribution in [0.3, 0.4) is 0 Å². The van der Waals surface area contributed by atoms with Crippen LogP contribution in [0.2, 0.25) is 0 Å². The van der Waals surface area contributed by atoms with Gasteiger partial charge in [-0.05, 0) is 23.6 Å². The molecular weight excluding hydrogens is 308 g/mol. The standard InChI is InChI=1S/C17H22N4O3/c1-10(2)15(20-11(3)22)17(24)21-14(16(19)23)8-12-4-6-13(9-18)7-5-12/h4-7,10,14-15H,8H2,1-3H3,(H2,19,23)(H,20,22)(H,21,24)/t14-,15-/m1/s1. The van der Waals surface area contributed by atoms with Crippen molar-refractivity contribution in [1.82, 2.24) is 10.6 Å². The van der Waals surface area contributed by atoms with E-state index in [9.17, 15) is 14.4 Å². The Morgan fingerprint density at radius 1 is 1.17 bits per heavy atom. The molecule has 4 N–H and O–H groups in total. The van der Waals surface area contributed by atoms with Crippen molar-refractivity contribution in [2.45, 2.75) is 39.3 Å². The number of rotatable bonds is 7. The van der Waals surface area contributed by atoms with E-state index in [-0.39, 0.29) is 18.2 Å². The normalized spacial score (nSPS) is 12.8. The fourth-order valence-electron chi connectivity index (χ4n) is 2.19. The summed E-state index contributed by atoms with van der Waals surface area (Å²) in [6.07, 6.45) is 0.206. The number of nitrogens with one attached hydrogen (secondary N) is 2. The van der Waals surface area contributed by atoms with Crippen LogP contribution in [0.1, 0.15) is 31.9 Å². The molecule has 1 aromatic carbocycles. The lowest BCUT2D eigenvalue weighted by Crippen LogP contribution is -2.55. The van der Waals surface area contributed by atoms with Crippen LogP contribution in [0.25, 0.3) is 0 Å². The van der Waals surface area contributed by atoms with Gasteiger partial charge in [0, 0.05) is 13.3 Å². The largest absolute Gasteiger partial charge is 0.368 e. The summed E-state index contributed by atoms with van der Waals surface area (Å²) in [4.78, 5) is 35.2. The molecule has 0 bridgehead atoms. The SMILES string of the molecule is CC(=O)N[C@@H](C(=O)N[C@H](Cc1ccc(C#N)cc1)C(N)=O)C(C)C. The molecule has 0 aliphatic rings. The van der Waals surface area contributed by atoms with Crippen molar-refractivity contribution in [2.75, 3.05) is 0 Å². The minimum atomic E-state index is -0.902. The summed E-state index contributed by atoms with van der Waals surface area (Å²) in [7, 11) is 0. The van der Waals surface area contributed by atoms with Crippen molar-refractivity contribution in [3.8, 4) is 6.07 Å². The maximum absolute atomic E-state index is 12.3. The van der Waals surface area contributed by atoms with Crippen molar-refractivity contribution in [2.24, 2.45) is 11.7 Å². The number of carbonyl (C=O) groups excluding carboxylic acids is 3. The van der Waals surface area contributed by atoms with E-state index < -0.39 is 23.9 Å². The van der Waals surface area contributed by atoms with E-state index in [1.165, 1.54) is 6.92 Å². The quantitative estimate of drug-likeness (QED) is 0.661. The van der Waals surface area contributed by atoms with E-state index in [4.69, 9.17) is 11.0 Å². The predicted octanol–water partition coefficient (Wildman–Crippen LogP) is 0.232. The Bertz CT molecular complexity index is 647. The zero-order valence-electron chi connectivity index (χ0n) is 14.0. The van der Waals surface area contributed by atoms with Crippen LogP contribution in [0.4, 0.5) is 0 Å². The second-order valence-electron chi connectivity index (χ2n) is 5.90. The third-order valence-corrected chi connectivity index (χ3v) is 3.49. The first kappa shape index (κ1) is 19.2. The zero-order chi connectivity index (χ0) is 18.3. The summed E-state index contributed by atoms with van der Waals surface area (Å²) in [5.41, 5.74) is 6.64. The Hall–Kier alpha value is -2.88. The molecule has 0 saturated heterocycles. The monoisotopic (exact) mass is 330 g/mol. The number of nitriles is 1. The molecule has 0 fully saturated rings. The molecule has 0 spiro atoms. The second-order valence-corrected chi connectivity index (χ2v) is 5.90. The lowest BCUT2D eigenvalue weighted by atomic mass is 10.0. The Balaban J connectivity index is 2.84. The lowest BCUT2D eigenvalue weighted by molar-refractivity contribution is -0.131. The minimum Gasteiger partial charge on any atom is -0.368 e. The van der Waals surface area contributed by atoms with Gasteiger partial charge in [-0.25, -0.2) is 0 Å². The van der Waals surface area contributed by atoms with Crippen LogP contribution < -0.4 is 16.4 Å². The van der Waals surface area contributed by atoms with Crippen LogP contribution in [0.15, 0.2) is 24.3 Å². The molecule has 0 unspecified atom stereocenters. The number of nitrogens with zero attached hydrogens (tertiary/aromatic N) is 1. The van der Waals surface area contributed by atoms with Crippen molar-refractivity contribution in [3.05, 3.63) is 35.4 Å². The smallest absolute Gasteiger partial charge is 0.243 e. The van der Waals surface area contributed by atoms with Crippen LogP contribution in [0.5, 0.6) is 0 Å². The Morgan fingerprint density at radius 2 is 1.75 bits per heavy atom. The van der Waals surface area contributed by atoms with Gasteiger partial charge in [0.2, 0.25) is 17.7 Å². The molecule has 0 heterocycles. The molecule has 24 heavy (non-hydrogen) atoms. The molecule has 0 saturated carbocycles. The van der Waals surface area contributed by atoms with Crippen LogP contribution >= 0.6 is 0 Å². The topological polar surface area (TPSA) is 125 Å². The summed E-state index contributed by atoms with van der Waals surface area (Å²) in [5.74, 6) is -1.60. The van der Waals surface area contributed by atoms with Crippen LogP contribution in [0, 0.1) is 17.2 Å². The van der Waals surface area contributed by atoms with Gasteiger partial charge in [-0.1, -0.05) is 26.0 Å². The molecule has 3 amide bonds. The summed E-state index contributed by atoms with van der Waals surface area (Å²) >= 11 is 0.